The SMILES string of the molecule is COc1cc(=O)n(C)cc1-c1ccc2nc(N3CCC(CN4C[C@@H](C)N(C(=O)OC(C)(C)C)C[C@@H]4C)CC3)nc([C@@](CO)(OC3CC3)c3ccccc3)c2c1. The van der Waals surface area contributed by atoms with Crippen molar-refractivity contribution >= 4 is 22.9 Å². The maximum atomic E-state index is 12.9. The number of carbonyl (C=O) groups excluding carboxylic acids is 1. The van der Waals surface area contributed by atoms with E-state index in [-0.39, 0.29) is 36.4 Å². The molecule has 12 heteroatoms. The predicted octanol–water partition coefficient (Wildman–Crippen LogP) is 5.97. The summed E-state index contributed by atoms with van der Waals surface area (Å²) >= 11 is 0. The maximum absolute atomic E-state index is 12.9. The van der Waals surface area contributed by atoms with Gasteiger partial charge in [-0.1, -0.05) is 36.4 Å². The Hall–Kier alpha value is -4.52. The molecule has 0 unspecified atom stereocenters. The molecule has 0 radical (unpaired) electrons. The third-order valence-electron chi connectivity index (χ3n) is 11.3. The minimum absolute atomic E-state index is 0.0135. The van der Waals surface area contributed by atoms with Gasteiger partial charge in [-0.3, -0.25) is 9.69 Å². The van der Waals surface area contributed by atoms with Crippen LogP contribution in [0, 0.1) is 5.92 Å². The first-order chi connectivity index (χ1) is 26.3. The third-order valence-corrected chi connectivity index (χ3v) is 11.3. The predicted molar refractivity (Wildman–Crippen MR) is 214 cm³/mol. The minimum atomic E-state index is -1.22. The Labute approximate surface area is 324 Å². The maximum Gasteiger partial charge on any atom is 0.410 e. The van der Waals surface area contributed by atoms with Crippen LogP contribution in [0.3, 0.4) is 0 Å². The summed E-state index contributed by atoms with van der Waals surface area (Å²) in [6, 6.07) is 17.7. The average Bonchev–Trinajstić information content (AvgIpc) is 3.99. The standard InChI is InChI=1S/C43H56N6O6/c1-28-24-49(41(52)55-42(3,4)5)29(2)23-48(28)25-30-17-19-47(20-18-30)40-44-36-16-13-31(35-26-46(6)38(51)22-37(35)53-7)21-34(36)39(45-40)43(27-50,54-33-14-15-33)32-11-9-8-10-12-32/h8-13,16,21-22,26,28-30,33,50H,14-15,17-20,23-25,27H2,1-7H3/t28-,29+,43-/m0/s1. The molecule has 1 amide bonds. The molecule has 2 aromatic heterocycles. The van der Waals surface area contributed by atoms with Gasteiger partial charge in [-0.05, 0) is 89.5 Å². The van der Waals surface area contributed by atoms with Gasteiger partial charge in [-0.25, -0.2) is 14.8 Å². The molecule has 4 heterocycles. The van der Waals surface area contributed by atoms with Crippen molar-refractivity contribution in [3.63, 3.8) is 0 Å². The molecule has 1 saturated carbocycles. The number of aliphatic hydroxyl groups excluding tert-OH is 1. The molecule has 3 aliphatic rings. The van der Waals surface area contributed by atoms with Gasteiger partial charge in [0.25, 0.3) is 5.56 Å². The number of pyridine rings is 1. The fourth-order valence-corrected chi connectivity index (χ4v) is 8.05. The Bertz CT molecular complexity index is 2050. The largest absolute Gasteiger partial charge is 0.496 e. The number of benzene rings is 2. The van der Waals surface area contributed by atoms with Crippen molar-refractivity contribution in [2.75, 3.05) is 51.3 Å². The van der Waals surface area contributed by atoms with E-state index in [2.05, 4.69) is 23.6 Å². The number of amides is 1. The van der Waals surface area contributed by atoms with Gasteiger partial charge in [0, 0.05) is 75.1 Å². The van der Waals surface area contributed by atoms with Crippen LogP contribution in [0.5, 0.6) is 5.75 Å². The highest BCUT2D eigenvalue weighted by Crippen LogP contribution is 2.43. The van der Waals surface area contributed by atoms with E-state index in [1.54, 1.807) is 20.4 Å². The van der Waals surface area contributed by atoms with Crippen LogP contribution in [0.2, 0.25) is 0 Å². The lowest BCUT2D eigenvalue weighted by Gasteiger charge is -2.46. The van der Waals surface area contributed by atoms with E-state index in [0.29, 0.717) is 29.9 Å². The lowest BCUT2D eigenvalue weighted by Crippen LogP contribution is -2.59. The number of piperazine rings is 1. The first-order valence-corrected chi connectivity index (χ1v) is 19.7. The van der Waals surface area contributed by atoms with E-state index in [1.807, 2.05) is 74.2 Å². The Morgan fingerprint density at radius 2 is 1.67 bits per heavy atom. The minimum Gasteiger partial charge on any atom is -0.496 e. The van der Waals surface area contributed by atoms with Crippen LogP contribution in [0.15, 0.2) is 65.6 Å². The highest BCUT2D eigenvalue weighted by Gasteiger charge is 2.44. The van der Waals surface area contributed by atoms with Crippen molar-refractivity contribution in [2.45, 2.75) is 89.7 Å². The number of aromatic nitrogens is 3. The second-order valence-corrected chi connectivity index (χ2v) is 16.7. The summed E-state index contributed by atoms with van der Waals surface area (Å²) < 4.78 is 19.7. The Morgan fingerprint density at radius 3 is 2.33 bits per heavy atom. The van der Waals surface area contributed by atoms with Gasteiger partial charge in [0.05, 0.1) is 31.0 Å². The number of anilines is 1. The number of aliphatic hydroxyl groups is 1. The van der Waals surface area contributed by atoms with Crippen LogP contribution in [0.25, 0.3) is 22.0 Å². The number of hydrogen-bond donors (Lipinski definition) is 1. The molecule has 12 nitrogen and oxygen atoms in total. The van der Waals surface area contributed by atoms with Crippen molar-refractivity contribution in [2.24, 2.45) is 13.0 Å². The van der Waals surface area contributed by atoms with Crippen LogP contribution in [0.4, 0.5) is 10.7 Å². The zero-order valence-corrected chi connectivity index (χ0v) is 33.3. The lowest BCUT2D eigenvalue weighted by molar-refractivity contribution is -0.0672. The molecule has 1 N–H and O–H groups in total. The Kier molecular flexibility index (Phi) is 11.0. The molecule has 4 aromatic rings. The van der Waals surface area contributed by atoms with E-state index >= 15 is 0 Å². The monoisotopic (exact) mass is 752 g/mol. The van der Waals surface area contributed by atoms with Crippen LogP contribution in [0.1, 0.15) is 71.6 Å². The summed E-state index contributed by atoms with van der Waals surface area (Å²) in [5.41, 5.74) is 1.88. The number of methoxy groups -OCH3 is 1. The molecule has 55 heavy (non-hydrogen) atoms. The second kappa shape index (κ2) is 15.5. The van der Waals surface area contributed by atoms with Crippen LogP contribution < -0.4 is 15.2 Å². The molecule has 3 fully saturated rings. The third kappa shape index (κ3) is 8.22. The summed E-state index contributed by atoms with van der Waals surface area (Å²) in [6.07, 6.45) is 5.37. The van der Waals surface area contributed by atoms with E-state index in [0.717, 1.165) is 79.5 Å². The lowest BCUT2D eigenvalue weighted by atomic mass is 9.87. The summed E-state index contributed by atoms with van der Waals surface area (Å²) in [7, 11) is 3.28. The topological polar surface area (TPSA) is 122 Å². The summed E-state index contributed by atoms with van der Waals surface area (Å²) in [6.45, 7) is 13.8. The molecule has 294 valence electrons. The Morgan fingerprint density at radius 1 is 0.945 bits per heavy atom. The quantitative estimate of drug-likeness (QED) is 0.208. The number of ether oxygens (including phenoxy) is 3. The van der Waals surface area contributed by atoms with Gasteiger partial charge in [-0.2, -0.15) is 0 Å². The van der Waals surface area contributed by atoms with E-state index in [1.165, 1.54) is 10.6 Å². The summed E-state index contributed by atoms with van der Waals surface area (Å²) in [4.78, 5) is 42.6. The smallest absolute Gasteiger partial charge is 0.410 e. The van der Waals surface area contributed by atoms with Crippen molar-refractivity contribution in [1.29, 1.82) is 0 Å². The van der Waals surface area contributed by atoms with Gasteiger partial charge in [0.15, 0.2) is 5.60 Å². The number of nitrogens with zero attached hydrogens (tertiary/aromatic N) is 6. The van der Waals surface area contributed by atoms with E-state index in [9.17, 15) is 14.7 Å². The van der Waals surface area contributed by atoms with Crippen molar-refractivity contribution in [3.05, 3.63) is 82.4 Å². The van der Waals surface area contributed by atoms with Crippen LogP contribution in [-0.2, 0) is 22.1 Å². The molecule has 7 rings (SSSR count). The highest BCUT2D eigenvalue weighted by atomic mass is 16.6. The molecule has 2 saturated heterocycles. The van der Waals surface area contributed by atoms with Gasteiger partial charge in [-0.15, -0.1) is 0 Å². The zero-order valence-electron chi connectivity index (χ0n) is 33.3. The van der Waals surface area contributed by atoms with Gasteiger partial charge < -0.3 is 33.7 Å². The molecule has 2 aliphatic heterocycles. The first kappa shape index (κ1) is 38.7. The summed E-state index contributed by atoms with van der Waals surface area (Å²) in [5.74, 6) is 1.59. The van der Waals surface area contributed by atoms with Crippen LogP contribution in [-0.4, -0.2) is 106 Å². The van der Waals surface area contributed by atoms with E-state index in [4.69, 9.17) is 24.2 Å². The fraction of sp³-hybridized carbons (Fsp3) is 0.535. The van der Waals surface area contributed by atoms with Crippen LogP contribution >= 0.6 is 0 Å². The highest BCUT2D eigenvalue weighted by molar-refractivity contribution is 5.89. The van der Waals surface area contributed by atoms with Crippen molar-refractivity contribution < 1.29 is 24.1 Å². The molecule has 2 aromatic carbocycles. The molecule has 0 bridgehead atoms. The number of hydrogen-bond acceptors (Lipinski definition) is 10. The summed E-state index contributed by atoms with van der Waals surface area (Å²) in [5, 5.41) is 12.2. The van der Waals surface area contributed by atoms with E-state index < -0.39 is 11.2 Å². The molecule has 1 aliphatic carbocycles. The van der Waals surface area contributed by atoms with Gasteiger partial charge in [0.1, 0.15) is 11.4 Å². The zero-order chi connectivity index (χ0) is 39.1. The first-order valence-electron chi connectivity index (χ1n) is 19.7. The Balaban J connectivity index is 1.19. The number of piperidine rings is 1. The molecule has 3 atom stereocenters. The number of rotatable bonds is 10. The number of fused-ring (bicyclic) bond motifs is 1. The van der Waals surface area contributed by atoms with Crippen molar-refractivity contribution in [1.82, 2.24) is 24.3 Å². The van der Waals surface area contributed by atoms with Gasteiger partial charge in [0.2, 0.25) is 5.95 Å². The molecule has 0 spiro atoms. The number of carbonyl (C=O) groups is 1. The van der Waals surface area contributed by atoms with Crippen molar-refractivity contribution in [3.8, 4) is 16.9 Å². The normalized spacial score (nSPS) is 21.1. The molecular formula is C43H56N6O6. The number of aryl methyl sites for hydroxylation is 1. The average molecular weight is 753 g/mol. The fourth-order valence-electron chi connectivity index (χ4n) is 8.05. The molecular weight excluding hydrogens is 697 g/mol. The van der Waals surface area contributed by atoms with Gasteiger partial charge >= 0.3 is 6.09 Å². The second-order valence-electron chi connectivity index (χ2n) is 16.7.